The summed E-state index contributed by atoms with van der Waals surface area (Å²) >= 11 is 3.08. The second-order valence-corrected chi connectivity index (χ2v) is 7.92. The zero-order chi connectivity index (χ0) is 17.5. The smallest absolute Gasteiger partial charge is 0.316 e. The van der Waals surface area contributed by atoms with Crippen LogP contribution in [0.2, 0.25) is 0 Å². The first-order valence-electron chi connectivity index (χ1n) is 7.82. The summed E-state index contributed by atoms with van der Waals surface area (Å²) in [7, 11) is 1.92. The maximum absolute atomic E-state index is 11.7. The molecule has 0 N–H and O–H groups in total. The molecule has 0 bridgehead atoms. The summed E-state index contributed by atoms with van der Waals surface area (Å²) in [6.45, 7) is 6.56. The van der Waals surface area contributed by atoms with E-state index in [4.69, 9.17) is 4.74 Å². The summed E-state index contributed by atoms with van der Waals surface area (Å²) in [6.07, 6.45) is 0. The van der Waals surface area contributed by atoms with E-state index in [2.05, 4.69) is 41.4 Å². The van der Waals surface area contributed by atoms with E-state index in [9.17, 15) is 4.79 Å². The fourth-order valence-corrected chi connectivity index (χ4v) is 3.41. The fraction of sp³-hybridized carbons (Fsp3) is 0.471. The minimum Gasteiger partial charge on any atom is -0.465 e. The highest BCUT2D eigenvalue weighted by molar-refractivity contribution is 7.99. The monoisotopic (exact) mass is 365 g/mol. The maximum atomic E-state index is 11.7. The molecular weight excluding hydrogens is 342 g/mol. The molecule has 0 fully saturated rings. The van der Waals surface area contributed by atoms with Crippen molar-refractivity contribution < 1.29 is 9.53 Å². The highest BCUT2D eigenvalue weighted by Gasteiger charge is 2.12. The molecule has 130 valence electrons. The number of thioether (sulfide) groups is 2. The molecule has 0 radical (unpaired) electrons. The molecule has 2 aromatic rings. The van der Waals surface area contributed by atoms with Gasteiger partial charge in [-0.1, -0.05) is 43.3 Å². The van der Waals surface area contributed by atoms with Gasteiger partial charge in [-0.3, -0.25) is 4.79 Å². The molecule has 7 heteroatoms. The van der Waals surface area contributed by atoms with Crippen LogP contribution in [0, 0.1) is 12.8 Å². The van der Waals surface area contributed by atoms with Crippen molar-refractivity contribution in [3.63, 3.8) is 0 Å². The quantitative estimate of drug-likeness (QED) is 0.525. The topological polar surface area (TPSA) is 57.0 Å². The van der Waals surface area contributed by atoms with Crippen LogP contribution in [-0.4, -0.2) is 33.1 Å². The van der Waals surface area contributed by atoms with Crippen molar-refractivity contribution in [1.29, 1.82) is 0 Å². The van der Waals surface area contributed by atoms with Gasteiger partial charge in [0, 0.05) is 11.9 Å². The second kappa shape index (κ2) is 9.13. The minimum atomic E-state index is -0.215. The molecule has 24 heavy (non-hydrogen) atoms. The lowest BCUT2D eigenvalue weighted by molar-refractivity contribution is -0.141. The van der Waals surface area contributed by atoms with Crippen LogP contribution in [0.25, 0.3) is 0 Å². The number of ether oxygens (including phenoxy) is 1. The van der Waals surface area contributed by atoms with Crippen LogP contribution in [0.3, 0.4) is 0 Å². The molecule has 1 heterocycles. The molecule has 0 atom stereocenters. The second-order valence-electron chi connectivity index (χ2n) is 5.93. The third-order valence-electron chi connectivity index (χ3n) is 3.21. The van der Waals surface area contributed by atoms with Crippen molar-refractivity contribution in [2.75, 3.05) is 12.4 Å². The molecule has 0 unspecified atom stereocenters. The summed E-state index contributed by atoms with van der Waals surface area (Å²) in [4.78, 5) is 12.9. The Hall–Kier alpha value is -1.47. The summed E-state index contributed by atoms with van der Waals surface area (Å²) in [5, 5.41) is 9.12. The maximum Gasteiger partial charge on any atom is 0.316 e. The fourth-order valence-electron chi connectivity index (χ4n) is 1.80. The lowest BCUT2D eigenvalue weighted by Gasteiger charge is -2.07. The van der Waals surface area contributed by atoms with Crippen molar-refractivity contribution in [2.45, 2.75) is 36.6 Å². The number of aryl methyl sites for hydroxylation is 1. The van der Waals surface area contributed by atoms with Crippen LogP contribution in [0.5, 0.6) is 0 Å². The molecule has 1 aromatic heterocycles. The zero-order valence-corrected chi connectivity index (χ0v) is 16.1. The molecule has 0 aliphatic heterocycles. The van der Waals surface area contributed by atoms with E-state index >= 15 is 0 Å². The van der Waals surface area contributed by atoms with Crippen LogP contribution < -0.4 is 0 Å². The largest absolute Gasteiger partial charge is 0.465 e. The zero-order valence-electron chi connectivity index (χ0n) is 14.5. The van der Waals surface area contributed by atoms with Crippen molar-refractivity contribution in [3.8, 4) is 0 Å². The van der Waals surface area contributed by atoms with Crippen molar-refractivity contribution >= 4 is 29.5 Å². The number of esters is 1. The predicted octanol–water partition coefficient (Wildman–Crippen LogP) is 3.71. The van der Waals surface area contributed by atoms with Crippen LogP contribution in [0.4, 0.5) is 0 Å². The molecule has 0 amide bonds. The Morgan fingerprint density at radius 2 is 1.92 bits per heavy atom. The minimum absolute atomic E-state index is 0.215. The lowest BCUT2D eigenvalue weighted by atomic mass is 10.2. The van der Waals surface area contributed by atoms with Gasteiger partial charge in [-0.25, -0.2) is 0 Å². The third kappa shape index (κ3) is 5.87. The van der Waals surface area contributed by atoms with Gasteiger partial charge in [-0.15, -0.1) is 22.0 Å². The number of carbonyl (C=O) groups is 1. The van der Waals surface area contributed by atoms with E-state index in [0.717, 1.165) is 16.7 Å². The van der Waals surface area contributed by atoms with Gasteiger partial charge in [0.05, 0.1) is 18.1 Å². The molecule has 0 aliphatic rings. The average Bonchev–Trinajstić information content (AvgIpc) is 2.90. The molecule has 0 aliphatic carbocycles. The number of rotatable bonds is 8. The number of hydrogen-bond acceptors (Lipinski definition) is 6. The summed E-state index contributed by atoms with van der Waals surface area (Å²) in [6, 6.07) is 8.42. The van der Waals surface area contributed by atoms with Gasteiger partial charge < -0.3 is 9.30 Å². The Morgan fingerprint density at radius 1 is 1.21 bits per heavy atom. The number of aromatic nitrogens is 3. The highest BCUT2D eigenvalue weighted by atomic mass is 32.2. The summed E-state index contributed by atoms with van der Waals surface area (Å²) in [5.41, 5.74) is 1.25. The molecule has 0 saturated carbocycles. The summed E-state index contributed by atoms with van der Waals surface area (Å²) in [5.74, 6) is 2.01. The molecule has 0 spiro atoms. The van der Waals surface area contributed by atoms with Gasteiger partial charge in [-0.05, 0) is 25.0 Å². The van der Waals surface area contributed by atoms with Crippen molar-refractivity contribution in [2.24, 2.45) is 13.0 Å². The number of hydrogen-bond donors (Lipinski definition) is 0. The number of nitrogens with zero attached hydrogens (tertiary/aromatic N) is 3. The van der Waals surface area contributed by atoms with E-state index in [1.165, 1.54) is 22.2 Å². The van der Waals surface area contributed by atoms with E-state index < -0.39 is 0 Å². The Kier molecular flexibility index (Phi) is 7.17. The van der Waals surface area contributed by atoms with E-state index in [0.29, 0.717) is 12.5 Å². The van der Waals surface area contributed by atoms with Gasteiger partial charge >= 0.3 is 5.97 Å². The molecule has 1 aromatic carbocycles. The Balaban J connectivity index is 1.84. The van der Waals surface area contributed by atoms with Gasteiger partial charge in [0.2, 0.25) is 0 Å². The van der Waals surface area contributed by atoms with Gasteiger partial charge in [0.25, 0.3) is 0 Å². The highest BCUT2D eigenvalue weighted by Crippen LogP contribution is 2.24. The van der Waals surface area contributed by atoms with E-state index in [-0.39, 0.29) is 11.7 Å². The Labute approximate surface area is 151 Å². The molecular formula is C17H23N3O2S2. The van der Waals surface area contributed by atoms with E-state index in [1.807, 2.05) is 25.5 Å². The van der Waals surface area contributed by atoms with Gasteiger partial charge in [-0.2, -0.15) is 0 Å². The number of benzene rings is 1. The van der Waals surface area contributed by atoms with Crippen LogP contribution >= 0.6 is 23.5 Å². The lowest BCUT2D eigenvalue weighted by Crippen LogP contribution is -2.12. The molecule has 5 nitrogen and oxygen atoms in total. The van der Waals surface area contributed by atoms with Crippen LogP contribution in [0.15, 0.2) is 34.3 Å². The predicted molar refractivity (Wildman–Crippen MR) is 98.3 cm³/mol. The van der Waals surface area contributed by atoms with Crippen molar-refractivity contribution in [3.05, 3.63) is 35.7 Å². The normalized spacial score (nSPS) is 11.0. The van der Waals surface area contributed by atoms with Crippen molar-refractivity contribution in [1.82, 2.24) is 14.8 Å². The Morgan fingerprint density at radius 3 is 2.58 bits per heavy atom. The van der Waals surface area contributed by atoms with Gasteiger partial charge in [0.15, 0.2) is 5.16 Å². The average molecular weight is 366 g/mol. The SMILES string of the molecule is Cc1ccc(SCc2nnc(SCC(=O)OCC(C)C)n2C)cc1. The summed E-state index contributed by atoms with van der Waals surface area (Å²) < 4.78 is 7.10. The Bertz CT molecular complexity index is 669. The first kappa shape index (κ1) is 18.9. The van der Waals surface area contributed by atoms with Crippen LogP contribution in [-0.2, 0) is 22.3 Å². The van der Waals surface area contributed by atoms with Gasteiger partial charge in [0.1, 0.15) is 5.82 Å². The molecule has 2 rings (SSSR count). The first-order valence-corrected chi connectivity index (χ1v) is 9.79. The number of carbonyl (C=O) groups excluding carboxylic acids is 1. The first-order chi connectivity index (χ1) is 11.5. The standard InChI is InChI=1S/C17H23N3O2S2/c1-12(2)9-22-16(21)11-24-17-19-18-15(20(17)4)10-23-14-7-5-13(3)6-8-14/h5-8,12H,9-11H2,1-4H3. The molecule has 0 saturated heterocycles. The third-order valence-corrected chi connectivity index (χ3v) is 5.21. The van der Waals surface area contributed by atoms with Crippen LogP contribution in [0.1, 0.15) is 25.2 Å². The van der Waals surface area contributed by atoms with E-state index in [1.54, 1.807) is 11.8 Å².